The third kappa shape index (κ3) is 4.38. The number of ether oxygens (including phenoxy) is 1. The van der Waals surface area contributed by atoms with Crippen molar-refractivity contribution in [2.24, 2.45) is 0 Å². The Morgan fingerprint density at radius 2 is 1.70 bits per heavy atom. The summed E-state index contributed by atoms with van der Waals surface area (Å²) in [5, 5.41) is 4.46. The normalized spacial score (nSPS) is 13.7. The van der Waals surface area contributed by atoms with Crippen molar-refractivity contribution in [2.45, 2.75) is 26.0 Å². The van der Waals surface area contributed by atoms with Crippen LogP contribution < -0.4 is 0 Å². The van der Waals surface area contributed by atoms with Crippen molar-refractivity contribution in [1.29, 1.82) is 0 Å². The van der Waals surface area contributed by atoms with Crippen molar-refractivity contribution in [3.05, 3.63) is 70.6 Å². The zero-order chi connectivity index (χ0) is 21.1. The Labute approximate surface area is 176 Å². The molecule has 0 bridgehead atoms. The van der Waals surface area contributed by atoms with Gasteiger partial charge < -0.3 is 9.26 Å². The number of halogens is 1. The number of esters is 1. The van der Waals surface area contributed by atoms with Crippen LogP contribution >= 0.6 is 11.6 Å². The van der Waals surface area contributed by atoms with Crippen LogP contribution in [-0.4, -0.2) is 32.8 Å². The van der Waals surface area contributed by atoms with Crippen LogP contribution in [0.25, 0.3) is 11.4 Å². The molecule has 2 amide bonds. The summed E-state index contributed by atoms with van der Waals surface area (Å²) in [5.74, 6) is -0.382. The number of nitrogens with zero attached hydrogens (tertiary/aromatic N) is 3. The van der Waals surface area contributed by atoms with Crippen LogP contribution in [0.2, 0.25) is 5.02 Å². The highest BCUT2D eigenvalue weighted by Crippen LogP contribution is 2.19. The average molecular weight is 426 g/mol. The van der Waals surface area contributed by atoms with Crippen molar-refractivity contribution in [3.63, 3.8) is 0 Å². The molecule has 2 heterocycles. The maximum Gasteiger partial charge on any atom is 0.338 e. The molecule has 0 spiro atoms. The lowest BCUT2D eigenvalue weighted by Gasteiger charge is -2.13. The molecule has 0 aliphatic carbocycles. The van der Waals surface area contributed by atoms with Crippen LogP contribution in [0.15, 0.2) is 53.1 Å². The number of carbonyl (C=O) groups excluding carboxylic acids is 3. The fourth-order valence-electron chi connectivity index (χ4n) is 2.97. The van der Waals surface area contributed by atoms with Crippen LogP contribution in [0.3, 0.4) is 0 Å². The number of imide groups is 1. The number of hydrogen-bond donors (Lipinski definition) is 0. The minimum Gasteiger partial charge on any atom is -0.452 e. The van der Waals surface area contributed by atoms with Gasteiger partial charge in [-0.2, -0.15) is 4.98 Å². The Bertz CT molecular complexity index is 1080. The molecule has 8 nitrogen and oxygen atoms in total. The van der Waals surface area contributed by atoms with Gasteiger partial charge in [-0.15, -0.1) is 0 Å². The number of amides is 2. The first-order chi connectivity index (χ1) is 14.5. The van der Waals surface area contributed by atoms with Gasteiger partial charge in [-0.3, -0.25) is 14.5 Å². The van der Waals surface area contributed by atoms with Crippen molar-refractivity contribution < 1.29 is 23.6 Å². The number of carbonyl (C=O) groups is 3. The lowest BCUT2D eigenvalue weighted by Crippen LogP contribution is -2.28. The first kappa shape index (κ1) is 19.8. The van der Waals surface area contributed by atoms with E-state index in [4.69, 9.17) is 20.9 Å². The number of hydrogen-bond acceptors (Lipinski definition) is 7. The second-order valence-corrected chi connectivity index (χ2v) is 7.10. The smallest absolute Gasteiger partial charge is 0.338 e. The molecule has 4 rings (SSSR count). The third-order valence-corrected chi connectivity index (χ3v) is 4.83. The first-order valence-electron chi connectivity index (χ1n) is 9.17. The van der Waals surface area contributed by atoms with E-state index in [9.17, 15) is 14.4 Å². The summed E-state index contributed by atoms with van der Waals surface area (Å²) < 4.78 is 10.3. The molecule has 3 aromatic rings. The fourth-order valence-corrected chi connectivity index (χ4v) is 3.09. The van der Waals surface area contributed by atoms with Gasteiger partial charge in [0.2, 0.25) is 17.6 Å². The maximum absolute atomic E-state index is 12.2. The molecule has 1 saturated heterocycles. The molecule has 30 heavy (non-hydrogen) atoms. The lowest BCUT2D eigenvalue weighted by atomic mass is 10.1. The van der Waals surface area contributed by atoms with Gasteiger partial charge in [0.05, 0.1) is 12.1 Å². The van der Waals surface area contributed by atoms with Crippen LogP contribution in [0, 0.1) is 0 Å². The molecule has 0 radical (unpaired) electrons. The Balaban J connectivity index is 1.33. The summed E-state index contributed by atoms with van der Waals surface area (Å²) in [5.41, 5.74) is 1.81. The first-order valence-corrected chi connectivity index (χ1v) is 9.55. The monoisotopic (exact) mass is 425 g/mol. The van der Waals surface area contributed by atoms with Crippen LogP contribution in [0.5, 0.6) is 0 Å². The highest BCUT2D eigenvalue weighted by Gasteiger charge is 2.28. The Hall–Kier alpha value is -3.52. The van der Waals surface area contributed by atoms with E-state index < -0.39 is 5.97 Å². The van der Waals surface area contributed by atoms with Gasteiger partial charge in [-0.1, -0.05) is 28.9 Å². The topological polar surface area (TPSA) is 103 Å². The summed E-state index contributed by atoms with van der Waals surface area (Å²) >= 11 is 5.86. The van der Waals surface area contributed by atoms with Crippen molar-refractivity contribution in [3.8, 4) is 11.4 Å². The minimum atomic E-state index is -0.555. The maximum atomic E-state index is 12.2. The van der Waals surface area contributed by atoms with Crippen LogP contribution in [0.1, 0.15) is 34.7 Å². The molecule has 1 aliphatic heterocycles. The van der Waals surface area contributed by atoms with Gasteiger partial charge in [0.25, 0.3) is 5.89 Å². The molecule has 152 valence electrons. The van der Waals surface area contributed by atoms with Gasteiger partial charge in [0, 0.05) is 23.4 Å². The molecule has 0 saturated carbocycles. The minimum absolute atomic E-state index is 0.163. The van der Waals surface area contributed by atoms with Crippen LogP contribution in [0.4, 0.5) is 0 Å². The van der Waals surface area contributed by atoms with Gasteiger partial charge in [-0.25, -0.2) is 4.79 Å². The summed E-state index contributed by atoms with van der Waals surface area (Å²) in [6.45, 7) is 0.0282. The second kappa shape index (κ2) is 8.46. The Kier molecular flexibility index (Phi) is 5.58. The van der Waals surface area contributed by atoms with Crippen molar-refractivity contribution in [1.82, 2.24) is 15.0 Å². The second-order valence-electron chi connectivity index (χ2n) is 6.67. The largest absolute Gasteiger partial charge is 0.452 e. The number of benzene rings is 2. The number of rotatable bonds is 6. The number of likely N-dealkylation sites (tertiary alicyclic amines) is 1. The molecule has 2 aromatic carbocycles. The molecule has 9 heteroatoms. The quantitative estimate of drug-likeness (QED) is 0.440. The summed E-state index contributed by atoms with van der Waals surface area (Å²) in [6, 6.07) is 13.5. The van der Waals surface area contributed by atoms with E-state index in [1.807, 2.05) is 0 Å². The molecule has 1 aromatic heterocycles. The molecule has 0 atom stereocenters. The third-order valence-electron chi connectivity index (χ3n) is 4.58. The highest BCUT2D eigenvalue weighted by atomic mass is 35.5. The van der Waals surface area contributed by atoms with Crippen molar-refractivity contribution in [2.75, 3.05) is 0 Å². The summed E-state index contributed by atoms with van der Waals surface area (Å²) in [6.07, 6.45) is 0.497. The SMILES string of the molecule is O=C(OCc1nc(-c2ccc(Cl)cc2)no1)c1ccc(CN2C(=O)CCC2=O)cc1. The van der Waals surface area contributed by atoms with E-state index in [-0.39, 0.29) is 43.7 Å². The number of aromatic nitrogens is 2. The summed E-state index contributed by atoms with van der Waals surface area (Å²) in [7, 11) is 0. The zero-order valence-corrected chi connectivity index (χ0v) is 16.5. The Morgan fingerprint density at radius 3 is 2.37 bits per heavy atom. The van der Waals surface area contributed by atoms with E-state index in [1.165, 1.54) is 4.90 Å². The van der Waals surface area contributed by atoms with Gasteiger partial charge in [0.15, 0.2) is 6.61 Å². The molecule has 0 unspecified atom stereocenters. The predicted molar refractivity (Wildman–Crippen MR) is 105 cm³/mol. The predicted octanol–water partition coefficient (Wildman–Crippen LogP) is 3.40. The van der Waals surface area contributed by atoms with Crippen LogP contribution in [-0.2, 0) is 27.5 Å². The zero-order valence-electron chi connectivity index (χ0n) is 15.7. The molecular formula is C21H16ClN3O5. The van der Waals surface area contributed by atoms with E-state index in [0.717, 1.165) is 11.1 Å². The van der Waals surface area contributed by atoms with Gasteiger partial charge >= 0.3 is 5.97 Å². The van der Waals surface area contributed by atoms with E-state index in [2.05, 4.69) is 10.1 Å². The Morgan fingerprint density at radius 1 is 1.03 bits per heavy atom. The highest BCUT2D eigenvalue weighted by molar-refractivity contribution is 6.30. The molecule has 1 fully saturated rings. The average Bonchev–Trinajstić information content (AvgIpc) is 3.35. The molecular weight excluding hydrogens is 410 g/mol. The van der Waals surface area contributed by atoms with Gasteiger partial charge in [0.1, 0.15) is 0 Å². The van der Waals surface area contributed by atoms with Crippen molar-refractivity contribution >= 4 is 29.4 Å². The standard InChI is InChI=1S/C21H16ClN3O5/c22-16-7-5-14(6-8-16)20-23-17(30-24-20)12-29-21(28)15-3-1-13(2-4-15)11-25-18(26)9-10-19(25)27/h1-8H,9-12H2. The van der Waals surface area contributed by atoms with Gasteiger partial charge in [-0.05, 0) is 42.0 Å². The van der Waals surface area contributed by atoms with E-state index >= 15 is 0 Å². The molecule has 0 N–H and O–H groups in total. The molecule has 1 aliphatic rings. The summed E-state index contributed by atoms with van der Waals surface area (Å²) in [4.78, 5) is 41.1. The van der Waals surface area contributed by atoms with E-state index in [1.54, 1.807) is 48.5 Å². The van der Waals surface area contributed by atoms with E-state index in [0.29, 0.717) is 16.4 Å². The fraction of sp³-hybridized carbons (Fsp3) is 0.190. The lowest BCUT2D eigenvalue weighted by molar-refractivity contribution is -0.139.